The number of benzene rings is 1. The lowest BCUT2D eigenvalue weighted by molar-refractivity contribution is 0.177. The molecule has 0 aliphatic heterocycles. The van der Waals surface area contributed by atoms with Crippen LogP contribution in [-0.2, 0) is 12.1 Å². The number of alkyl halides is 1. The van der Waals surface area contributed by atoms with Crippen molar-refractivity contribution in [1.29, 1.82) is 0 Å². The Labute approximate surface area is 77.8 Å². The minimum absolute atomic E-state index is 0.101. The summed E-state index contributed by atoms with van der Waals surface area (Å²) in [6, 6.07) is 5.97. The van der Waals surface area contributed by atoms with Crippen molar-refractivity contribution in [2.45, 2.75) is 25.4 Å². The summed E-state index contributed by atoms with van der Waals surface area (Å²) in [5, 5.41) is 0. The Kier molecular flexibility index (Phi) is 1.88. The predicted octanol–water partition coefficient (Wildman–Crippen LogP) is 2.06. The number of aryl methyl sites for hydroxylation is 2. The number of halogens is 1. The summed E-state index contributed by atoms with van der Waals surface area (Å²) < 4.78 is 14.1. The van der Waals surface area contributed by atoms with Crippen LogP contribution in [0.2, 0.25) is 0 Å². The Bertz CT molecular complexity index is 335. The van der Waals surface area contributed by atoms with Gasteiger partial charge in [-0.05, 0) is 30.9 Å². The van der Waals surface area contributed by atoms with E-state index in [0.717, 1.165) is 23.1 Å². The number of hydrogen-bond donors (Lipinski definition) is 1. The maximum absolute atomic E-state index is 14.1. The highest BCUT2D eigenvalue weighted by atomic mass is 19.1. The summed E-state index contributed by atoms with van der Waals surface area (Å²) in [4.78, 5) is 0. The molecular formula is C11H14FN. The monoisotopic (exact) mass is 179 g/mol. The fourth-order valence-corrected chi connectivity index (χ4v) is 2.00. The van der Waals surface area contributed by atoms with E-state index in [1.807, 2.05) is 25.1 Å². The van der Waals surface area contributed by atoms with E-state index in [4.69, 9.17) is 5.73 Å². The van der Waals surface area contributed by atoms with Crippen LogP contribution in [-0.4, -0.2) is 6.54 Å². The van der Waals surface area contributed by atoms with Crippen LogP contribution in [0.15, 0.2) is 18.2 Å². The van der Waals surface area contributed by atoms with Crippen LogP contribution in [0.3, 0.4) is 0 Å². The van der Waals surface area contributed by atoms with Crippen molar-refractivity contribution in [2.24, 2.45) is 5.73 Å². The van der Waals surface area contributed by atoms with Gasteiger partial charge in [0.25, 0.3) is 0 Å². The molecule has 2 rings (SSSR count). The Morgan fingerprint density at radius 1 is 1.54 bits per heavy atom. The Morgan fingerprint density at radius 2 is 2.31 bits per heavy atom. The molecular weight excluding hydrogens is 165 g/mol. The van der Waals surface area contributed by atoms with E-state index in [1.165, 1.54) is 0 Å². The van der Waals surface area contributed by atoms with Gasteiger partial charge >= 0.3 is 0 Å². The minimum Gasteiger partial charge on any atom is -0.327 e. The van der Waals surface area contributed by atoms with E-state index in [9.17, 15) is 4.39 Å². The first-order valence-corrected chi connectivity index (χ1v) is 4.65. The van der Waals surface area contributed by atoms with Crippen LogP contribution in [0.5, 0.6) is 0 Å². The van der Waals surface area contributed by atoms with Crippen LogP contribution < -0.4 is 5.73 Å². The highest BCUT2D eigenvalue weighted by molar-refractivity contribution is 5.40. The molecule has 1 aliphatic rings. The molecule has 0 spiro atoms. The molecule has 1 nitrogen and oxygen atoms in total. The zero-order valence-corrected chi connectivity index (χ0v) is 7.81. The lowest BCUT2D eigenvalue weighted by Crippen LogP contribution is -2.27. The maximum Gasteiger partial charge on any atom is 0.148 e. The van der Waals surface area contributed by atoms with Crippen molar-refractivity contribution in [3.05, 3.63) is 34.9 Å². The smallest absolute Gasteiger partial charge is 0.148 e. The Morgan fingerprint density at radius 3 is 3.00 bits per heavy atom. The van der Waals surface area contributed by atoms with Gasteiger partial charge in [0.05, 0.1) is 0 Å². The summed E-state index contributed by atoms with van der Waals surface area (Å²) in [6.45, 7) is 2.08. The standard InChI is InChI=1S/C11H14FN/c1-8-2-3-9-4-5-11(12,7-13)10(9)6-8/h2-3,6H,4-5,7,13H2,1H3. The van der Waals surface area contributed by atoms with E-state index < -0.39 is 5.67 Å². The average molecular weight is 179 g/mol. The molecule has 0 saturated heterocycles. The molecule has 0 bridgehead atoms. The molecule has 1 aromatic rings. The van der Waals surface area contributed by atoms with Crippen LogP contribution >= 0.6 is 0 Å². The van der Waals surface area contributed by atoms with Crippen molar-refractivity contribution in [2.75, 3.05) is 6.54 Å². The molecule has 1 unspecified atom stereocenters. The topological polar surface area (TPSA) is 26.0 Å². The Hall–Kier alpha value is -0.890. The van der Waals surface area contributed by atoms with Crippen LogP contribution in [0.25, 0.3) is 0 Å². The van der Waals surface area contributed by atoms with Gasteiger partial charge < -0.3 is 5.73 Å². The van der Waals surface area contributed by atoms with Gasteiger partial charge in [-0.15, -0.1) is 0 Å². The highest BCUT2D eigenvalue weighted by Crippen LogP contribution is 2.39. The van der Waals surface area contributed by atoms with Crippen LogP contribution in [0.1, 0.15) is 23.1 Å². The van der Waals surface area contributed by atoms with Crippen molar-refractivity contribution in [3.8, 4) is 0 Å². The summed E-state index contributed by atoms with van der Waals surface area (Å²) >= 11 is 0. The van der Waals surface area contributed by atoms with E-state index >= 15 is 0 Å². The van der Waals surface area contributed by atoms with Gasteiger partial charge in [-0.3, -0.25) is 0 Å². The molecule has 0 amide bonds. The third kappa shape index (κ3) is 1.25. The molecule has 0 radical (unpaired) electrons. The van der Waals surface area contributed by atoms with Gasteiger partial charge in [0.15, 0.2) is 0 Å². The Balaban J connectivity index is 2.52. The molecule has 13 heavy (non-hydrogen) atoms. The quantitative estimate of drug-likeness (QED) is 0.701. The first-order valence-electron chi connectivity index (χ1n) is 4.65. The zero-order chi connectivity index (χ0) is 9.47. The average Bonchev–Trinajstić information content (AvgIpc) is 2.45. The second-order valence-electron chi connectivity index (χ2n) is 3.83. The first kappa shape index (κ1) is 8.70. The second kappa shape index (κ2) is 2.81. The number of fused-ring (bicyclic) bond motifs is 1. The largest absolute Gasteiger partial charge is 0.327 e. The fourth-order valence-electron chi connectivity index (χ4n) is 2.00. The summed E-state index contributed by atoms with van der Waals surface area (Å²) in [7, 11) is 0. The number of nitrogens with two attached hydrogens (primary N) is 1. The lowest BCUT2D eigenvalue weighted by Gasteiger charge is -2.18. The summed E-state index contributed by atoms with van der Waals surface area (Å²) in [5.74, 6) is 0. The lowest BCUT2D eigenvalue weighted by atomic mass is 9.97. The molecule has 0 aromatic heterocycles. The number of hydrogen-bond acceptors (Lipinski definition) is 1. The minimum atomic E-state index is -1.26. The van der Waals surface area contributed by atoms with Crippen molar-refractivity contribution >= 4 is 0 Å². The highest BCUT2D eigenvalue weighted by Gasteiger charge is 2.37. The SMILES string of the molecule is Cc1ccc2c(c1)C(F)(CN)CC2. The molecule has 1 aromatic carbocycles. The third-order valence-corrected chi connectivity index (χ3v) is 2.86. The first-order chi connectivity index (χ1) is 6.15. The fraction of sp³-hybridized carbons (Fsp3) is 0.455. The van der Waals surface area contributed by atoms with E-state index in [0.29, 0.717) is 6.42 Å². The molecule has 1 atom stereocenters. The second-order valence-corrected chi connectivity index (χ2v) is 3.83. The molecule has 0 fully saturated rings. The van der Waals surface area contributed by atoms with Crippen LogP contribution in [0, 0.1) is 6.92 Å². The summed E-state index contributed by atoms with van der Waals surface area (Å²) in [6.07, 6.45) is 1.37. The molecule has 70 valence electrons. The predicted molar refractivity (Wildman–Crippen MR) is 51.3 cm³/mol. The molecule has 2 heteroatoms. The van der Waals surface area contributed by atoms with Gasteiger partial charge in [0.2, 0.25) is 0 Å². The normalized spacial score (nSPS) is 26.1. The molecule has 2 N–H and O–H groups in total. The van der Waals surface area contributed by atoms with Gasteiger partial charge in [-0.1, -0.05) is 23.8 Å². The van der Waals surface area contributed by atoms with Gasteiger partial charge in [-0.25, -0.2) is 4.39 Å². The number of rotatable bonds is 1. The van der Waals surface area contributed by atoms with Gasteiger partial charge in [0.1, 0.15) is 5.67 Å². The third-order valence-electron chi connectivity index (χ3n) is 2.86. The van der Waals surface area contributed by atoms with E-state index in [1.54, 1.807) is 0 Å². The van der Waals surface area contributed by atoms with Gasteiger partial charge in [-0.2, -0.15) is 0 Å². The molecule has 1 aliphatic carbocycles. The van der Waals surface area contributed by atoms with E-state index in [-0.39, 0.29) is 6.54 Å². The van der Waals surface area contributed by atoms with Crippen molar-refractivity contribution in [3.63, 3.8) is 0 Å². The molecule has 0 heterocycles. The van der Waals surface area contributed by atoms with Crippen LogP contribution in [0.4, 0.5) is 4.39 Å². The van der Waals surface area contributed by atoms with Crippen molar-refractivity contribution in [1.82, 2.24) is 0 Å². The van der Waals surface area contributed by atoms with Crippen molar-refractivity contribution < 1.29 is 4.39 Å². The van der Waals surface area contributed by atoms with E-state index in [2.05, 4.69) is 0 Å². The van der Waals surface area contributed by atoms with Gasteiger partial charge in [0, 0.05) is 6.54 Å². The molecule has 0 saturated carbocycles. The summed E-state index contributed by atoms with van der Waals surface area (Å²) in [5.41, 5.74) is 7.24. The zero-order valence-electron chi connectivity index (χ0n) is 7.81. The maximum atomic E-state index is 14.1.